The monoisotopic (exact) mass is 327 g/mol. The number of nitrogens with one attached hydrogen (secondary N) is 1. The minimum Gasteiger partial charge on any atom is -0.463 e. The number of nitrogens with zero attached hydrogens (tertiary/aromatic N) is 3. The molecule has 1 aliphatic heterocycles. The third-order valence-corrected chi connectivity index (χ3v) is 3.74. The lowest BCUT2D eigenvalue weighted by atomic mass is 10.2. The highest BCUT2D eigenvalue weighted by Crippen LogP contribution is 2.34. The number of ether oxygens (including phenoxy) is 1. The molecule has 0 saturated carbocycles. The first-order valence-electron chi connectivity index (χ1n) is 8.06. The first-order valence-corrected chi connectivity index (χ1v) is 8.06. The SMILES string of the molecule is CCCCOc1nc(N)c2c(n1)N(Cc1ccccc1)CC(=O)N2. The van der Waals surface area contributed by atoms with Crippen LogP contribution in [-0.2, 0) is 11.3 Å². The quantitative estimate of drug-likeness (QED) is 0.790. The van der Waals surface area contributed by atoms with Gasteiger partial charge in [-0.15, -0.1) is 0 Å². The van der Waals surface area contributed by atoms with Crippen LogP contribution >= 0.6 is 0 Å². The highest BCUT2D eigenvalue weighted by molar-refractivity contribution is 6.03. The number of anilines is 3. The topological polar surface area (TPSA) is 93.4 Å². The normalized spacial score (nSPS) is 13.4. The molecule has 0 spiro atoms. The van der Waals surface area contributed by atoms with Crippen molar-refractivity contribution >= 4 is 23.2 Å². The Morgan fingerprint density at radius 1 is 1.29 bits per heavy atom. The fourth-order valence-electron chi connectivity index (χ4n) is 2.53. The predicted octanol–water partition coefficient (Wildman–Crippen LogP) is 2.20. The van der Waals surface area contributed by atoms with Gasteiger partial charge in [-0.2, -0.15) is 9.97 Å². The van der Waals surface area contributed by atoms with E-state index in [-0.39, 0.29) is 24.3 Å². The molecule has 7 nitrogen and oxygen atoms in total. The van der Waals surface area contributed by atoms with Crippen molar-refractivity contribution in [2.45, 2.75) is 26.3 Å². The molecule has 0 unspecified atom stereocenters. The molecule has 126 valence electrons. The third kappa shape index (κ3) is 3.56. The summed E-state index contributed by atoms with van der Waals surface area (Å²) in [7, 11) is 0. The van der Waals surface area contributed by atoms with E-state index in [1.54, 1.807) is 0 Å². The molecule has 2 aromatic rings. The molecule has 0 bridgehead atoms. The van der Waals surface area contributed by atoms with Gasteiger partial charge in [-0.05, 0) is 12.0 Å². The number of aromatic nitrogens is 2. The Hall–Kier alpha value is -2.83. The van der Waals surface area contributed by atoms with Gasteiger partial charge in [-0.3, -0.25) is 4.79 Å². The Morgan fingerprint density at radius 2 is 2.08 bits per heavy atom. The lowest BCUT2D eigenvalue weighted by Crippen LogP contribution is -2.39. The van der Waals surface area contributed by atoms with Crippen molar-refractivity contribution in [2.24, 2.45) is 0 Å². The molecule has 0 aliphatic carbocycles. The van der Waals surface area contributed by atoms with Gasteiger partial charge in [0.25, 0.3) is 0 Å². The minimum atomic E-state index is -0.131. The van der Waals surface area contributed by atoms with E-state index in [1.165, 1.54) is 0 Å². The standard InChI is InChI=1S/C17H21N5O2/c1-2-3-9-24-17-20-15(18)14-16(21-17)22(11-13(23)19-14)10-12-7-5-4-6-8-12/h4-8H,2-3,9-11H2,1H3,(H,19,23)(H2,18,20,21). The van der Waals surface area contributed by atoms with Crippen LogP contribution in [0.15, 0.2) is 30.3 Å². The van der Waals surface area contributed by atoms with Crippen LogP contribution in [-0.4, -0.2) is 29.0 Å². The van der Waals surface area contributed by atoms with Crippen LogP contribution < -0.4 is 20.7 Å². The molecule has 2 heterocycles. The fraction of sp³-hybridized carbons (Fsp3) is 0.353. The van der Waals surface area contributed by atoms with E-state index in [9.17, 15) is 4.79 Å². The number of unbranched alkanes of at least 4 members (excludes halogenated alkanes) is 1. The van der Waals surface area contributed by atoms with E-state index in [1.807, 2.05) is 35.2 Å². The van der Waals surface area contributed by atoms with Crippen LogP contribution in [0.3, 0.4) is 0 Å². The van der Waals surface area contributed by atoms with Crippen molar-refractivity contribution in [2.75, 3.05) is 29.1 Å². The van der Waals surface area contributed by atoms with Gasteiger partial charge in [-0.25, -0.2) is 0 Å². The maximum absolute atomic E-state index is 12.0. The second-order valence-corrected chi connectivity index (χ2v) is 5.68. The van der Waals surface area contributed by atoms with Gasteiger partial charge in [-0.1, -0.05) is 43.7 Å². The lowest BCUT2D eigenvalue weighted by molar-refractivity contribution is -0.115. The number of carbonyl (C=O) groups excluding carboxylic acids is 1. The van der Waals surface area contributed by atoms with Crippen LogP contribution in [0.25, 0.3) is 0 Å². The van der Waals surface area contributed by atoms with E-state index >= 15 is 0 Å². The summed E-state index contributed by atoms with van der Waals surface area (Å²) in [5.41, 5.74) is 7.53. The van der Waals surface area contributed by atoms with Crippen molar-refractivity contribution in [1.82, 2.24) is 9.97 Å². The molecule has 0 fully saturated rings. The summed E-state index contributed by atoms with van der Waals surface area (Å²) in [5, 5.41) is 2.75. The van der Waals surface area contributed by atoms with Crippen molar-refractivity contribution < 1.29 is 9.53 Å². The van der Waals surface area contributed by atoms with Crippen LogP contribution in [0.2, 0.25) is 0 Å². The first-order chi connectivity index (χ1) is 11.7. The average Bonchev–Trinajstić information content (AvgIpc) is 2.57. The summed E-state index contributed by atoms with van der Waals surface area (Å²) in [4.78, 5) is 22.5. The average molecular weight is 327 g/mol. The van der Waals surface area contributed by atoms with E-state index in [2.05, 4.69) is 22.2 Å². The third-order valence-electron chi connectivity index (χ3n) is 3.74. The molecule has 3 rings (SSSR count). The fourth-order valence-corrected chi connectivity index (χ4v) is 2.53. The van der Waals surface area contributed by atoms with Gasteiger partial charge >= 0.3 is 6.01 Å². The number of hydrogen-bond acceptors (Lipinski definition) is 6. The molecule has 0 radical (unpaired) electrons. The molecule has 1 aromatic heterocycles. The molecule has 7 heteroatoms. The molecule has 1 aliphatic rings. The van der Waals surface area contributed by atoms with Crippen molar-refractivity contribution in [1.29, 1.82) is 0 Å². The second-order valence-electron chi connectivity index (χ2n) is 5.68. The van der Waals surface area contributed by atoms with Crippen LogP contribution in [0.5, 0.6) is 6.01 Å². The zero-order valence-electron chi connectivity index (χ0n) is 13.7. The Morgan fingerprint density at radius 3 is 2.83 bits per heavy atom. The Bertz CT molecular complexity index is 720. The summed E-state index contributed by atoms with van der Waals surface area (Å²) in [5.74, 6) is 0.684. The molecular weight excluding hydrogens is 306 g/mol. The summed E-state index contributed by atoms with van der Waals surface area (Å²) in [6.07, 6.45) is 1.95. The molecule has 24 heavy (non-hydrogen) atoms. The van der Waals surface area contributed by atoms with E-state index in [0.717, 1.165) is 18.4 Å². The molecule has 0 saturated heterocycles. The van der Waals surface area contributed by atoms with Gasteiger partial charge in [0.2, 0.25) is 5.91 Å². The second kappa shape index (κ2) is 7.16. The van der Waals surface area contributed by atoms with E-state index in [4.69, 9.17) is 10.5 Å². The Labute approximate surface area is 140 Å². The highest BCUT2D eigenvalue weighted by Gasteiger charge is 2.27. The summed E-state index contributed by atoms with van der Waals surface area (Å²) in [6.45, 7) is 3.40. The maximum Gasteiger partial charge on any atom is 0.320 e. The van der Waals surface area contributed by atoms with Gasteiger partial charge in [0.15, 0.2) is 11.6 Å². The predicted molar refractivity (Wildman–Crippen MR) is 93.0 cm³/mol. The number of benzene rings is 1. The largest absolute Gasteiger partial charge is 0.463 e. The van der Waals surface area contributed by atoms with Gasteiger partial charge in [0, 0.05) is 6.54 Å². The summed E-state index contributed by atoms with van der Waals surface area (Å²) in [6, 6.07) is 10.2. The van der Waals surface area contributed by atoms with Gasteiger partial charge < -0.3 is 20.7 Å². The lowest BCUT2D eigenvalue weighted by Gasteiger charge is -2.30. The van der Waals surface area contributed by atoms with Crippen LogP contribution in [0.4, 0.5) is 17.3 Å². The molecule has 1 amide bonds. The summed E-state index contributed by atoms with van der Waals surface area (Å²) >= 11 is 0. The number of amides is 1. The number of hydrogen-bond donors (Lipinski definition) is 2. The number of fused-ring (bicyclic) bond motifs is 1. The zero-order chi connectivity index (χ0) is 16.9. The van der Waals surface area contributed by atoms with Crippen LogP contribution in [0, 0.1) is 0 Å². The van der Waals surface area contributed by atoms with E-state index in [0.29, 0.717) is 24.7 Å². The van der Waals surface area contributed by atoms with Gasteiger partial charge in [0.05, 0.1) is 13.2 Å². The minimum absolute atomic E-state index is 0.131. The molecule has 0 atom stereocenters. The van der Waals surface area contributed by atoms with Crippen molar-refractivity contribution in [3.05, 3.63) is 35.9 Å². The summed E-state index contributed by atoms with van der Waals surface area (Å²) < 4.78 is 5.58. The smallest absolute Gasteiger partial charge is 0.320 e. The molecule has 1 aromatic carbocycles. The molecular formula is C17H21N5O2. The van der Waals surface area contributed by atoms with Crippen molar-refractivity contribution in [3.63, 3.8) is 0 Å². The Kier molecular flexibility index (Phi) is 4.79. The molecule has 3 N–H and O–H groups in total. The highest BCUT2D eigenvalue weighted by atomic mass is 16.5. The number of carbonyl (C=O) groups is 1. The van der Waals surface area contributed by atoms with Crippen molar-refractivity contribution in [3.8, 4) is 6.01 Å². The van der Waals surface area contributed by atoms with E-state index < -0.39 is 0 Å². The van der Waals surface area contributed by atoms with Crippen LogP contribution in [0.1, 0.15) is 25.3 Å². The number of nitrogen functional groups attached to an aromatic ring is 1. The first kappa shape index (κ1) is 16.0. The Balaban J connectivity index is 1.89. The number of nitrogens with two attached hydrogens (primary N) is 1. The number of rotatable bonds is 6. The zero-order valence-corrected chi connectivity index (χ0v) is 13.7. The maximum atomic E-state index is 12.0. The van der Waals surface area contributed by atoms with Gasteiger partial charge in [0.1, 0.15) is 5.69 Å².